The number of rotatable bonds is 3. The fourth-order valence-corrected chi connectivity index (χ4v) is 0.585. The average Bonchev–Trinajstić information content (AvgIpc) is 1.85. The van der Waals surface area contributed by atoms with Crippen LogP contribution in [0.5, 0.6) is 0 Å². The quantitative estimate of drug-likeness (QED) is 0.531. The van der Waals surface area contributed by atoms with Gasteiger partial charge in [0.05, 0.1) is 0 Å². The van der Waals surface area contributed by atoms with Crippen LogP contribution in [0.1, 0.15) is 20.8 Å². The molecule has 0 atom stereocenters. The van der Waals surface area contributed by atoms with E-state index >= 15 is 0 Å². The molecule has 4 heteroatoms. The lowest BCUT2D eigenvalue weighted by atomic mass is 10.0. The van der Waals surface area contributed by atoms with Crippen molar-refractivity contribution in [3.05, 3.63) is 11.8 Å². The lowest BCUT2D eigenvalue weighted by molar-refractivity contribution is -0.113. The van der Waals surface area contributed by atoms with Gasteiger partial charge in [-0.15, -0.1) is 0 Å². The highest BCUT2D eigenvalue weighted by Crippen LogP contribution is 2.30. The van der Waals surface area contributed by atoms with E-state index < -0.39 is 23.4 Å². The summed E-state index contributed by atoms with van der Waals surface area (Å²) in [6.07, 6.45) is 0.542. The largest absolute Gasteiger partial charge is 0.506 e. The van der Waals surface area contributed by atoms with Crippen LogP contribution in [0.25, 0.3) is 0 Å². The van der Waals surface area contributed by atoms with Crippen LogP contribution in [0.15, 0.2) is 11.8 Å². The Bertz CT molecular complexity index is 207. The smallest absolute Gasteiger partial charge is 0.306 e. The third kappa shape index (κ3) is 2.60. The fourth-order valence-electron chi connectivity index (χ4n) is 0.585. The second-order valence-electron chi connectivity index (χ2n) is 2.92. The second kappa shape index (κ2) is 3.65. The third-order valence-corrected chi connectivity index (χ3v) is 1.41. The zero-order valence-electron chi connectivity index (χ0n) is 7.27. The molecule has 0 heterocycles. The maximum absolute atomic E-state index is 12.8. The summed E-state index contributed by atoms with van der Waals surface area (Å²) in [6, 6.07) is 0. The Labute approximate surface area is 69.9 Å². The molecule has 0 amide bonds. The first-order chi connectivity index (χ1) is 5.28. The van der Waals surface area contributed by atoms with E-state index in [-0.39, 0.29) is 0 Å². The molecule has 1 N–H and O–H groups in total. The van der Waals surface area contributed by atoms with Crippen LogP contribution in [0.4, 0.5) is 8.78 Å². The molecular formula is C8H12F2O2. The standard InChI is InChI=1S/C8H12F2O2/c1-5(2)8(9,10)7(12)4-6(3)11/h4-5,12H,1-3H3. The van der Waals surface area contributed by atoms with Crippen LogP contribution in [-0.2, 0) is 4.79 Å². The Hall–Kier alpha value is -0.930. The van der Waals surface area contributed by atoms with Crippen molar-refractivity contribution in [1.29, 1.82) is 0 Å². The predicted molar refractivity (Wildman–Crippen MR) is 41.2 cm³/mol. The highest BCUT2D eigenvalue weighted by Gasteiger charge is 2.38. The monoisotopic (exact) mass is 178 g/mol. The molecule has 2 nitrogen and oxygen atoms in total. The maximum Gasteiger partial charge on any atom is 0.306 e. The normalized spacial score (nSPS) is 13.7. The fraction of sp³-hybridized carbons (Fsp3) is 0.625. The van der Waals surface area contributed by atoms with E-state index in [4.69, 9.17) is 5.11 Å². The van der Waals surface area contributed by atoms with Crippen LogP contribution in [0.2, 0.25) is 0 Å². The van der Waals surface area contributed by atoms with E-state index in [1.807, 2.05) is 0 Å². The first kappa shape index (κ1) is 11.1. The number of allylic oxidation sites excluding steroid dienone is 2. The number of hydrogen-bond acceptors (Lipinski definition) is 2. The van der Waals surface area contributed by atoms with Gasteiger partial charge >= 0.3 is 5.92 Å². The van der Waals surface area contributed by atoms with Gasteiger partial charge < -0.3 is 5.11 Å². The van der Waals surface area contributed by atoms with Crippen LogP contribution in [0, 0.1) is 5.92 Å². The molecule has 0 bridgehead atoms. The minimum atomic E-state index is -3.31. The Kier molecular flexibility index (Phi) is 3.36. The number of alkyl halides is 2. The van der Waals surface area contributed by atoms with E-state index in [2.05, 4.69) is 0 Å². The number of carbonyl (C=O) groups excluding carboxylic acids is 1. The van der Waals surface area contributed by atoms with Gasteiger partial charge in [0.1, 0.15) is 0 Å². The summed E-state index contributed by atoms with van der Waals surface area (Å²) in [5.74, 6) is -6.09. The number of halogens is 2. The van der Waals surface area contributed by atoms with Crippen molar-refractivity contribution in [3.8, 4) is 0 Å². The molecule has 0 aliphatic heterocycles. The lowest BCUT2D eigenvalue weighted by Gasteiger charge is -2.18. The van der Waals surface area contributed by atoms with Gasteiger partial charge in [-0.2, -0.15) is 8.78 Å². The zero-order chi connectivity index (χ0) is 9.94. The Morgan fingerprint density at radius 1 is 1.50 bits per heavy atom. The molecule has 0 rings (SSSR count). The summed E-state index contributed by atoms with van der Waals surface area (Å²) in [5, 5.41) is 8.81. The molecule has 0 saturated heterocycles. The minimum absolute atomic E-state index is 0.542. The van der Waals surface area contributed by atoms with Crippen molar-refractivity contribution >= 4 is 5.78 Å². The maximum atomic E-state index is 12.8. The number of hydrogen-bond donors (Lipinski definition) is 1. The van der Waals surface area contributed by atoms with E-state index in [9.17, 15) is 13.6 Å². The Morgan fingerprint density at radius 2 is 1.92 bits per heavy atom. The molecule has 0 aliphatic rings. The van der Waals surface area contributed by atoms with Gasteiger partial charge in [0.25, 0.3) is 0 Å². The van der Waals surface area contributed by atoms with Gasteiger partial charge in [0.2, 0.25) is 0 Å². The molecular weight excluding hydrogens is 166 g/mol. The van der Waals surface area contributed by atoms with E-state index in [0.29, 0.717) is 6.08 Å². The third-order valence-electron chi connectivity index (χ3n) is 1.41. The minimum Gasteiger partial charge on any atom is -0.506 e. The van der Waals surface area contributed by atoms with Gasteiger partial charge in [0.15, 0.2) is 11.5 Å². The first-order valence-corrected chi connectivity index (χ1v) is 3.58. The SMILES string of the molecule is CC(=O)C=C(O)C(F)(F)C(C)C. The lowest BCUT2D eigenvalue weighted by Crippen LogP contribution is -2.26. The van der Waals surface area contributed by atoms with Crippen LogP contribution in [0.3, 0.4) is 0 Å². The number of aliphatic hydroxyl groups excluding tert-OH is 1. The summed E-state index contributed by atoms with van der Waals surface area (Å²) in [6.45, 7) is 3.64. The molecule has 70 valence electrons. The molecule has 0 aromatic carbocycles. The van der Waals surface area contributed by atoms with Crippen molar-refractivity contribution in [1.82, 2.24) is 0 Å². The summed E-state index contributed by atoms with van der Waals surface area (Å²) in [4.78, 5) is 10.4. The average molecular weight is 178 g/mol. The number of ketones is 1. The van der Waals surface area contributed by atoms with Gasteiger partial charge in [-0.25, -0.2) is 0 Å². The van der Waals surface area contributed by atoms with Crippen molar-refractivity contribution in [2.24, 2.45) is 5.92 Å². The predicted octanol–water partition coefficient (Wildman–Crippen LogP) is 2.31. The van der Waals surface area contributed by atoms with E-state index in [1.165, 1.54) is 13.8 Å². The van der Waals surface area contributed by atoms with Crippen molar-refractivity contribution in [2.45, 2.75) is 26.7 Å². The van der Waals surface area contributed by atoms with E-state index in [0.717, 1.165) is 6.92 Å². The molecule has 0 unspecified atom stereocenters. The topological polar surface area (TPSA) is 37.3 Å². The summed E-state index contributed by atoms with van der Waals surface area (Å²) in [7, 11) is 0. The zero-order valence-corrected chi connectivity index (χ0v) is 7.27. The summed E-state index contributed by atoms with van der Waals surface area (Å²) in [5.41, 5.74) is 0. The molecule has 0 aromatic heterocycles. The van der Waals surface area contributed by atoms with Gasteiger partial charge in [-0.05, 0) is 6.92 Å². The van der Waals surface area contributed by atoms with Gasteiger partial charge in [0, 0.05) is 12.0 Å². The Balaban J connectivity index is 4.67. The molecule has 0 aromatic rings. The van der Waals surface area contributed by atoms with Crippen molar-refractivity contribution in [3.63, 3.8) is 0 Å². The van der Waals surface area contributed by atoms with Gasteiger partial charge in [-0.1, -0.05) is 13.8 Å². The Morgan fingerprint density at radius 3 is 2.17 bits per heavy atom. The number of carbonyl (C=O) groups is 1. The second-order valence-corrected chi connectivity index (χ2v) is 2.92. The van der Waals surface area contributed by atoms with Crippen LogP contribution >= 0.6 is 0 Å². The summed E-state index contributed by atoms with van der Waals surface area (Å²) >= 11 is 0. The number of aliphatic hydroxyl groups is 1. The molecule has 0 saturated carbocycles. The molecule has 0 spiro atoms. The van der Waals surface area contributed by atoms with Crippen molar-refractivity contribution < 1.29 is 18.7 Å². The molecule has 12 heavy (non-hydrogen) atoms. The first-order valence-electron chi connectivity index (χ1n) is 3.58. The van der Waals surface area contributed by atoms with Crippen molar-refractivity contribution in [2.75, 3.05) is 0 Å². The highest BCUT2D eigenvalue weighted by molar-refractivity contribution is 5.87. The molecule has 0 radical (unpaired) electrons. The van der Waals surface area contributed by atoms with Crippen LogP contribution < -0.4 is 0 Å². The molecule has 0 aliphatic carbocycles. The summed E-state index contributed by atoms with van der Waals surface area (Å²) < 4.78 is 25.7. The highest BCUT2D eigenvalue weighted by atomic mass is 19.3. The van der Waals surface area contributed by atoms with Gasteiger partial charge in [-0.3, -0.25) is 4.79 Å². The van der Waals surface area contributed by atoms with E-state index in [1.54, 1.807) is 0 Å². The van der Waals surface area contributed by atoms with Crippen LogP contribution in [-0.4, -0.2) is 16.8 Å². The molecule has 0 fully saturated rings.